The second-order valence-corrected chi connectivity index (χ2v) is 10.2. The largest absolute Gasteiger partial charge is 0.487 e. The summed E-state index contributed by atoms with van der Waals surface area (Å²) in [6.45, 7) is 2.23. The third-order valence-corrected chi connectivity index (χ3v) is 7.37. The topological polar surface area (TPSA) is 98.1 Å². The maximum absolute atomic E-state index is 12.5. The molecular weight excluding hydrogens is 573 g/mol. The van der Waals surface area contributed by atoms with E-state index in [0.29, 0.717) is 44.0 Å². The van der Waals surface area contributed by atoms with Crippen LogP contribution in [0, 0.1) is 6.92 Å². The summed E-state index contributed by atoms with van der Waals surface area (Å²) in [5.41, 5.74) is 4.23. The predicted octanol–water partition coefficient (Wildman–Crippen LogP) is 6.30. The molecule has 5 aromatic rings. The minimum Gasteiger partial charge on any atom is -0.487 e. The van der Waals surface area contributed by atoms with Gasteiger partial charge in [-0.05, 0) is 61.0 Å². The second-order valence-electron chi connectivity index (χ2n) is 9.38. The van der Waals surface area contributed by atoms with E-state index >= 15 is 0 Å². The number of hydrogen-bond acceptors (Lipinski definition) is 5. The van der Waals surface area contributed by atoms with Crippen molar-refractivity contribution in [1.29, 1.82) is 0 Å². The second kappa shape index (κ2) is 12.9. The van der Waals surface area contributed by atoms with E-state index in [0.717, 1.165) is 16.6 Å². The number of nitrogens with one attached hydrogen (secondary N) is 2. The third-order valence-electron chi connectivity index (χ3n) is 6.60. The number of para-hydroxylation sites is 1. The van der Waals surface area contributed by atoms with Gasteiger partial charge < -0.3 is 19.9 Å². The van der Waals surface area contributed by atoms with Crippen molar-refractivity contribution < 1.29 is 14.3 Å². The Balaban J connectivity index is 1.28. The smallest absolute Gasteiger partial charge is 0.251 e. The summed E-state index contributed by atoms with van der Waals surface area (Å²) >= 11 is 13.4. The van der Waals surface area contributed by atoms with Crippen molar-refractivity contribution in [2.75, 3.05) is 7.05 Å². The molecule has 0 unspecified atom stereocenters. The minimum absolute atomic E-state index is 0.135. The normalized spacial score (nSPS) is 11.1. The molecule has 2 N–H and O–H groups in total. The first-order chi connectivity index (χ1) is 20.3. The number of benzene rings is 3. The van der Waals surface area contributed by atoms with Gasteiger partial charge in [-0.2, -0.15) is 0 Å². The lowest BCUT2D eigenvalue weighted by atomic mass is 10.1. The highest BCUT2D eigenvalue weighted by atomic mass is 35.5. The number of carbonyl (C=O) groups is 2. The van der Waals surface area contributed by atoms with Gasteiger partial charge in [0.2, 0.25) is 5.91 Å². The van der Waals surface area contributed by atoms with Crippen LogP contribution in [0.5, 0.6) is 5.75 Å². The fourth-order valence-corrected chi connectivity index (χ4v) is 4.95. The first-order valence-electron chi connectivity index (χ1n) is 13.1. The van der Waals surface area contributed by atoms with Crippen LogP contribution in [-0.2, 0) is 17.9 Å². The molecule has 212 valence electrons. The molecule has 42 heavy (non-hydrogen) atoms. The van der Waals surface area contributed by atoms with Crippen molar-refractivity contribution in [1.82, 2.24) is 25.2 Å². The zero-order valence-corrected chi connectivity index (χ0v) is 24.4. The number of amides is 2. The highest BCUT2D eigenvalue weighted by Crippen LogP contribution is 2.33. The fraction of sp³-hybridized carbons (Fsp3) is 0.125. The van der Waals surface area contributed by atoms with E-state index in [1.54, 1.807) is 49.7 Å². The number of aryl methyl sites for hydroxylation is 1. The molecule has 5 rings (SSSR count). The van der Waals surface area contributed by atoms with Gasteiger partial charge >= 0.3 is 0 Å². The van der Waals surface area contributed by atoms with E-state index in [1.807, 2.05) is 54.1 Å². The Kier molecular flexibility index (Phi) is 8.85. The van der Waals surface area contributed by atoms with Gasteiger partial charge in [0.15, 0.2) is 0 Å². The van der Waals surface area contributed by atoms with Crippen LogP contribution >= 0.6 is 23.2 Å². The Morgan fingerprint density at radius 2 is 1.83 bits per heavy atom. The Bertz CT molecular complexity index is 1800. The first-order valence-corrected chi connectivity index (χ1v) is 13.9. The number of aromatic nitrogens is 3. The molecule has 2 heterocycles. The molecular formula is C32H27Cl2N5O3. The molecule has 2 aromatic heterocycles. The van der Waals surface area contributed by atoms with Gasteiger partial charge in [0.1, 0.15) is 23.7 Å². The van der Waals surface area contributed by atoms with Crippen LogP contribution in [0.3, 0.4) is 0 Å². The van der Waals surface area contributed by atoms with Crippen molar-refractivity contribution in [2.45, 2.75) is 20.1 Å². The summed E-state index contributed by atoms with van der Waals surface area (Å²) in [6.07, 6.45) is 6.77. The van der Waals surface area contributed by atoms with Gasteiger partial charge in [-0.3, -0.25) is 9.59 Å². The van der Waals surface area contributed by atoms with Crippen LogP contribution in [0.2, 0.25) is 10.0 Å². The van der Waals surface area contributed by atoms with Crippen LogP contribution in [0.25, 0.3) is 22.7 Å². The standard InChI is InChI=1S/C32H27Cl2N5O3/c1-20-36-17-23-5-3-7-28(31(23)38-20)42-19-25-26(33)13-14-27(30(25)34)39-16-4-6-24(39)18-37-29(40)15-10-21-8-11-22(12-9-21)32(41)35-2/h3-17H,18-19H2,1-2H3,(H,35,41)(H,37,40). The highest BCUT2D eigenvalue weighted by Gasteiger charge is 2.16. The maximum atomic E-state index is 12.5. The monoisotopic (exact) mass is 599 g/mol. The molecule has 0 saturated carbocycles. The lowest BCUT2D eigenvalue weighted by Gasteiger charge is -2.16. The Morgan fingerprint density at radius 1 is 1.02 bits per heavy atom. The number of nitrogens with zero attached hydrogens (tertiary/aromatic N) is 3. The van der Waals surface area contributed by atoms with Crippen LogP contribution in [0.4, 0.5) is 0 Å². The molecule has 0 aliphatic rings. The van der Waals surface area contributed by atoms with Gasteiger partial charge in [-0.25, -0.2) is 9.97 Å². The number of rotatable bonds is 9. The molecule has 0 aliphatic carbocycles. The summed E-state index contributed by atoms with van der Waals surface area (Å²) in [7, 11) is 1.58. The van der Waals surface area contributed by atoms with Gasteiger partial charge in [0.05, 0.1) is 17.3 Å². The minimum atomic E-state index is -0.261. The molecule has 3 aromatic carbocycles. The summed E-state index contributed by atoms with van der Waals surface area (Å²) < 4.78 is 8.04. The molecule has 0 radical (unpaired) electrons. The van der Waals surface area contributed by atoms with Crippen molar-refractivity contribution in [3.05, 3.63) is 123 Å². The number of carbonyl (C=O) groups excluding carboxylic acids is 2. The molecule has 10 heteroatoms. The summed E-state index contributed by atoms with van der Waals surface area (Å²) in [4.78, 5) is 33.0. The average molecular weight is 601 g/mol. The number of hydrogen-bond donors (Lipinski definition) is 2. The predicted molar refractivity (Wildman–Crippen MR) is 165 cm³/mol. The zero-order valence-electron chi connectivity index (χ0n) is 22.9. The number of fused-ring (bicyclic) bond motifs is 1. The number of ether oxygens (including phenoxy) is 1. The van der Waals surface area contributed by atoms with Crippen molar-refractivity contribution in [3.63, 3.8) is 0 Å². The summed E-state index contributed by atoms with van der Waals surface area (Å²) in [6, 6.07) is 20.0. The molecule has 0 saturated heterocycles. The van der Waals surface area contributed by atoms with Crippen LogP contribution < -0.4 is 15.4 Å². The SMILES string of the molecule is CNC(=O)c1ccc(C=CC(=O)NCc2cccn2-c2ccc(Cl)c(COc3cccc4cnc(C)nc34)c2Cl)cc1. The molecule has 0 spiro atoms. The third kappa shape index (κ3) is 6.46. The van der Waals surface area contributed by atoms with E-state index in [2.05, 4.69) is 20.6 Å². The van der Waals surface area contributed by atoms with Crippen molar-refractivity contribution in [2.24, 2.45) is 0 Å². The molecule has 0 atom stereocenters. The number of halogens is 2. The fourth-order valence-electron chi connectivity index (χ4n) is 4.38. The quantitative estimate of drug-likeness (QED) is 0.194. The Hall–Kier alpha value is -4.66. The van der Waals surface area contributed by atoms with Gasteiger partial charge in [-0.15, -0.1) is 0 Å². The lowest BCUT2D eigenvalue weighted by Crippen LogP contribution is -2.21. The van der Waals surface area contributed by atoms with Gasteiger partial charge in [0, 0.05) is 52.7 Å². The van der Waals surface area contributed by atoms with Crippen molar-refractivity contribution in [3.8, 4) is 11.4 Å². The van der Waals surface area contributed by atoms with E-state index in [1.165, 1.54) is 6.08 Å². The van der Waals surface area contributed by atoms with E-state index < -0.39 is 0 Å². The lowest BCUT2D eigenvalue weighted by molar-refractivity contribution is -0.116. The zero-order chi connectivity index (χ0) is 29.6. The Morgan fingerprint density at radius 3 is 2.62 bits per heavy atom. The molecule has 0 aliphatic heterocycles. The van der Waals surface area contributed by atoms with Gasteiger partial charge in [-0.1, -0.05) is 47.5 Å². The molecule has 8 nitrogen and oxygen atoms in total. The first kappa shape index (κ1) is 28.9. The van der Waals surface area contributed by atoms with E-state index in [9.17, 15) is 9.59 Å². The average Bonchev–Trinajstić information content (AvgIpc) is 3.47. The van der Waals surface area contributed by atoms with E-state index in [4.69, 9.17) is 27.9 Å². The Labute approximate surface area is 253 Å². The van der Waals surface area contributed by atoms with Crippen LogP contribution in [0.1, 0.15) is 33.0 Å². The molecule has 0 bridgehead atoms. The van der Waals surface area contributed by atoms with Crippen LogP contribution in [-0.4, -0.2) is 33.4 Å². The highest BCUT2D eigenvalue weighted by molar-refractivity contribution is 6.37. The summed E-state index contributed by atoms with van der Waals surface area (Å²) in [5, 5.41) is 7.27. The molecule has 0 fully saturated rings. The van der Waals surface area contributed by atoms with Crippen LogP contribution in [0.15, 0.2) is 85.2 Å². The molecule has 2 amide bonds. The van der Waals surface area contributed by atoms with Gasteiger partial charge in [0.25, 0.3) is 5.91 Å². The summed E-state index contributed by atoms with van der Waals surface area (Å²) in [5.74, 6) is 0.830. The van der Waals surface area contributed by atoms with Crippen molar-refractivity contribution >= 4 is 52.0 Å². The maximum Gasteiger partial charge on any atom is 0.251 e. The van der Waals surface area contributed by atoms with E-state index in [-0.39, 0.29) is 25.0 Å².